The minimum atomic E-state index is -1.07. The lowest BCUT2D eigenvalue weighted by Crippen LogP contribution is -2.66. The monoisotopic (exact) mass is 630 g/mol. The molecule has 0 aromatic heterocycles. The molecule has 0 aliphatic heterocycles. The molecule has 47 heavy (non-hydrogen) atoms. The van der Waals surface area contributed by atoms with Crippen LogP contribution in [0.5, 0.6) is 0 Å². The second kappa shape index (κ2) is 17.1. The van der Waals surface area contributed by atoms with Crippen molar-refractivity contribution in [3.63, 3.8) is 0 Å². The summed E-state index contributed by atoms with van der Waals surface area (Å²) in [5.41, 5.74) is 5.02. The molecule has 0 saturated heterocycles. The SMILES string of the molecule is OC1[C@H](OCc2ccccc2)[C@H](OCc2ccccc2)C(OCc2ccccc2)[C@@H](OCc2ccccc2)[C@H]1OCc1ccccc1. The summed E-state index contributed by atoms with van der Waals surface area (Å²) in [6.45, 7) is 1.54. The van der Waals surface area contributed by atoms with Crippen LogP contribution in [-0.4, -0.2) is 41.7 Å². The summed E-state index contributed by atoms with van der Waals surface area (Å²) in [6, 6.07) is 49.9. The predicted octanol–water partition coefficient (Wildman–Crippen LogP) is 7.29. The Morgan fingerprint density at radius 1 is 0.298 bits per heavy atom. The van der Waals surface area contributed by atoms with Crippen molar-refractivity contribution in [2.45, 2.75) is 69.7 Å². The van der Waals surface area contributed by atoms with Crippen molar-refractivity contribution in [1.82, 2.24) is 0 Å². The van der Waals surface area contributed by atoms with E-state index in [-0.39, 0.29) is 0 Å². The zero-order chi connectivity index (χ0) is 32.1. The van der Waals surface area contributed by atoms with Gasteiger partial charge in [-0.05, 0) is 27.8 Å². The zero-order valence-corrected chi connectivity index (χ0v) is 26.4. The molecule has 6 nitrogen and oxygen atoms in total. The van der Waals surface area contributed by atoms with E-state index < -0.39 is 36.6 Å². The average molecular weight is 631 g/mol. The molecule has 0 heterocycles. The quantitative estimate of drug-likeness (QED) is 0.131. The van der Waals surface area contributed by atoms with Crippen LogP contribution in [0.3, 0.4) is 0 Å². The molecular weight excluding hydrogens is 588 g/mol. The molecule has 5 aromatic rings. The number of aliphatic hydroxyl groups is 1. The molecule has 242 valence electrons. The van der Waals surface area contributed by atoms with Gasteiger partial charge in [-0.3, -0.25) is 0 Å². The fraction of sp³-hybridized carbons (Fsp3) is 0.268. The summed E-state index contributed by atoms with van der Waals surface area (Å²) in [7, 11) is 0. The third-order valence-electron chi connectivity index (χ3n) is 8.39. The Morgan fingerprint density at radius 3 is 0.723 bits per heavy atom. The van der Waals surface area contributed by atoms with Gasteiger partial charge in [-0.1, -0.05) is 152 Å². The fourth-order valence-electron chi connectivity index (χ4n) is 5.93. The van der Waals surface area contributed by atoms with Crippen LogP contribution >= 0.6 is 0 Å². The Labute approximate surface area is 277 Å². The van der Waals surface area contributed by atoms with Crippen molar-refractivity contribution in [3.8, 4) is 0 Å². The molecular formula is C41H42O6. The van der Waals surface area contributed by atoms with E-state index in [2.05, 4.69) is 0 Å². The minimum Gasteiger partial charge on any atom is -0.387 e. The first-order chi connectivity index (χ1) is 23.2. The van der Waals surface area contributed by atoms with Crippen LogP contribution in [0.1, 0.15) is 27.8 Å². The highest BCUT2D eigenvalue weighted by Crippen LogP contribution is 2.35. The van der Waals surface area contributed by atoms with Gasteiger partial charge < -0.3 is 28.8 Å². The van der Waals surface area contributed by atoms with Crippen LogP contribution in [0.15, 0.2) is 152 Å². The molecule has 0 unspecified atom stereocenters. The summed E-state index contributed by atoms with van der Waals surface area (Å²) < 4.78 is 33.3. The Bertz CT molecular complexity index is 1470. The standard InChI is InChI=1S/C41H42O6/c42-36-37(43-26-31-16-6-1-7-17-31)39(45-28-33-20-10-3-11-21-33)41(47-30-35-24-14-5-15-25-35)40(46-29-34-22-12-4-13-23-34)38(36)44-27-32-18-8-2-9-19-32/h1-25,36-42H,26-30H2/t36?,37-,38-,39-,40-,41?/m0/s1. The van der Waals surface area contributed by atoms with Gasteiger partial charge >= 0.3 is 0 Å². The van der Waals surface area contributed by atoms with Gasteiger partial charge in [-0.15, -0.1) is 0 Å². The largest absolute Gasteiger partial charge is 0.387 e. The highest BCUT2D eigenvalue weighted by atomic mass is 16.6. The molecule has 0 amide bonds. The van der Waals surface area contributed by atoms with Gasteiger partial charge in [0.1, 0.15) is 36.6 Å². The van der Waals surface area contributed by atoms with E-state index in [4.69, 9.17) is 23.7 Å². The van der Waals surface area contributed by atoms with Crippen molar-refractivity contribution in [2.24, 2.45) is 0 Å². The zero-order valence-electron chi connectivity index (χ0n) is 26.4. The second-order valence-electron chi connectivity index (χ2n) is 11.8. The van der Waals surface area contributed by atoms with E-state index in [1.165, 1.54) is 0 Å². The summed E-state index contributed by atoms with van der Waals surface area (Å²) >= 11 is 0. The van der Waals surface area contributed by atoms with E-state index in [0.29, 0.717) is 33.0 Å². The van der Waals surface area contributed by atoms with Crippen molar-refractivity contribution in [2.75, 3.05) is 0 Å². The Morgan fingerprint density at radius 2 is 0.489 bits per heavy atom. The van der Waals surface area contributed by atoms with Crippen LogP contribution in [0.2, 0.25) is 0 Å². The lowest BCUT2D eigenvalue weighted by atomic mass is 9.83. The van der Waals surface area contributed by atoms with E-state index >= 15 is 0 Å². The van der Waals surface area contributed by atoms with Crippen LogP contribution in [-0.2, 0) is 56.7 Å². The maximum atomic E-state index is 12.2. The summed E-state index contributed by atoms with van der Waals surface area (Å²) in [6.07, 6.45) is -4.58. The summed E-state index contributed by atoms with van der Waals surface area (Å²) in [4.78, 5) is 0. The van der Waals surface area contributed by atoms with E-state index in [1.54, 1.807) is 0 Å². The first-order valence-corrected chi connectivity index (χ1v) is 16.2. The normalized spacial score (nSPS) is 22.6. The van der Waals surface area contributed by atoms with Crippen LogP contribution < -0.4 is 0 Å². The van der Waals surface area contributed by atoms with Crippen molar-refractivity contribution in [3.05, 3.63) is 179 Å². The van der Waals surface area contributed by atoms with Gasteiger partial charge in [-0.2, -0.15) is 0 Å². The van der Waals surface area contributed by atoms with Gasteiger partial charge in [0, 0.05) is 0 Å². The van der Waals surface area contributed by atoms with Gasteiger partial charge in [0.05, 0.1) is 33.0 Å². The molecule has 5 aromatic carbocycles. The molecule has 4 atom stereocenters. The lowest BCUT2D eigenvalue weighted by molar-refractivity contribution is -0.283. The molecule has 6 rings (SSSR count). The number of hydrogen-bond acceptors (Lipinski definition) is 6. The van der Waals surface area contributed by atoms with Crippen molar-refractivity contribution < 1.29 is 28.8 Å². The first kappa shape index (κ1) is 32.8. The maximum Gasteiger partial charge on any atom is 0.116 e. The van der Waals surface area contributed by atoms with Crippen LogP contribution in [0, 0.1) is 0 Å². The Kier molecular flexibility index (Phi) is 12.0. The van der Waals surface area contributed by atoms with E-state index in [9.17, 15) is 5.11 Å². The van der Waals surface area contributed by atoms with Gasteiger partial charge in [0.25, 0.3) is 0 Å². The highest BCUT2D eigenvalue weighted by Gasteiger charge is 2.54. The molecule has 1 saturated carbocycles. The Hall–Kier alpha value is -4.14. The predicted molar refractivity (Wildman–Crippen MR) is 181 cm³/mol. The smallest absolute Gasteiger partial charge is 0.116 e. The first-order valence-electron chi connectivity index (χ1n) is 16.2. The molecule has 6 heteroatoms. The number of hydrogen-bond donors (Lipinski definition) is 1. The molecule has 0 bridgehead atoms. The average Bonchev–Trinajstić information content (AvgIpc) is 3.14. The number of benzene rings is 5. The van der Waals surface area contributed by atoms with E-state index in [1.807, 2.05) is 152 Å². The van der Waals surface area contributed by atoms with Gasteiger partial charge in [0.15, 0.2) is 0 Å². The van der Waals surface area contributed by atoms with Crippen LogP contribution in [0.25, 0.3) is 0 Å². The highest BCUT2D eigenvalue weighted by molar-refractivity contribution is 5.18. The molecule has 0 radical (unpaired) electrons. The third kappa shape index (κ3) is 9.24. The maximum absolute atomic E-state index is 12.2. The van der Waals surface area contributed by atoms with Gasteiger partial charge in [0.2, 0.25) is 0 Å². The number of aliphatic hydroxyl groups excluding tert-OH is 1. The molecule has 0 spiro atoms. The Balaban J connectivity index is 1.35. The molecule has 1 N–H and O–H groups in total. The van der Waals surface area contributed by atoms with Crippen molar-refractivity contribution >= 4 is 0 Å². The summed E-state index contributed by atoms with van der Waals surface area (Å²) in [5, 5.41) is 12.2. The molecule has 1 aliphatic rings. The topological polar surface area (TPSA) is 66.4 Å². The summed E-state index contributed by atoms with van der Waals surface area (Å²) in [5.74, 6) is 0. The third-order valence-corrected chi connectivity index (χ3v) is 8.39. The fourth-order valence-corrected chi connectivity index (χ4v) is 5.93. The second-order valence-corrected chi connectivity index (χ2v) is 11.8. The number of ether oxygens (including phenoxy) is 5. The van der Waals surface area contributed by atoms with Gasteiger partial charge in [-0.25, -0.2) is 0 Å². The number of rotatable bonds is 15. The van der Waals surface area contributed by atoms with Crippen LogP contribution in [0.4, 0.5) is 0 Å². The lowest BCUT2D eigenvalue weighted by Gasteiger charge is -2.48. The van der Waals surface area contributed by atoms with E-state index in [0.717, 1.165) is 27.8 Å². The van der Waals surface area contributed by atoms with Crippen molar-refractivity contribution in [1.29, 1.82) is 0 Å². The minimum absolute atomic E-state index is 0.292. The molecule has 1 aliphatic carbocycles. The molecule has 1 fully saturated rings.